The molecule has 0 spiro atoms. The van der Waals surface area contributed by atoms with E-state index < -0.39 is 5.79 Å². The van der Waals surface area contributed by atoms with Crippen molar-refractivity contribution in [1.29, 1.82) is 0 Å². The van der Waals surface area contributed by atoms with Crippen molar-refractivity contribution in [2.45, 2.75) is 65.8 Å². The minimum Gasteiger partial charge on any atom is -0.488 e. The van der Waals surface area contributed by atoms with E-state index in [1.807, 2.05) is 19.1 Å². The molecule has 1 saturated carbocycles. The molecule has 0 amide bonds. The second kappa shape index (κ2) is 13.8. The van der Waals surface area contributed by atoms with E-state index in [4.69, 9.17) is 34.4 Å². The fraction of sp³-hybridized carbons (Fsp3) is 0.607. The number of nitrogens with zero attached hydrogens (tertiary/aromatic N) is 3. The number of ether oxygens (including phenoxy) is 3. The summed E-state index contributed by atoms with van der Waals surface area (Å²) in [5, 5.41) is 32.6. The van der Waals surface area contributed by atoms with Gasteiger partial charge in [0.25, 0.3) is 0 Å². The third kappa shape index (κ3) is 9.22. The minimum atomic E-state index is -1.50. The number of pyridine rings is 1. The zero-order chi connectivity index (χ0) is 28.6. The molecule has 3 heterocycles. The van der Waals surface area contributed by atoms with Crippen LogP contribution in [-0.2, 0) is 11.3 Å². The highest BCUT2D eigenvalue weighted by Gasteiger charge is 2.25. The predicted octanol–water partition coefficient (Wildman–Crippen LogP) is 3.58. The number of aryl methyl sites for hydroxylation is 1. The number of hydrogen-bond acceptors (Lipinski definition) is 11. The third-order valence-corrected chi connectivity index (χ3v) is 6.42. The molecule has 0 bridgehead atoms. The largest absolute Gasteiger partial charge is 0.488 e. The lowest BCUT2D eigenvalue weighted by atomic mass is 10.0. The van der Waals surface area contributed by atoms with Gasteiger partial charge in [0.05, 0.1) is 31.0 Å². The fourth-order valence-electron chi connectivity index (χ4n) is 4.02. The van der Waals surface area contributed by atoms with E-state index in [9.17, 15) is 5.11 Å². The van der Waals surface area contributed by atoms with Crippen LogP contribution in [0.2, 0.25) is 0 Å². The zero-order valence-electron chi connectivity index (χ0n) is 23.9. The molecule has 0 aromatic carbocycles. The van der Waals surface area contributed by atoms with Crippen molar-refractivity contribution in [1.82, 2.24) is 15.0 Å². The van der Waals surface area contributed by atoms with Gasteiger partial charge in [0.15, 0.2) is 5.79 Å². The summed E-state index contributed by atoms with van der Waals surface area (Å²) in [6.45, 7) is 8.76. The van der Waals surface area contributed by atoms with Gasteiger partial charge in [-0.3, -0.25) is 0 Å². The van der Waals surface area contributed by atoms with Gasteiger partial charge in [-0.15, -0.1) is 0 Å². The van der Waals surface area contributed by atoms with Crippen molar-refractivity contribution >= 4 is 23.6 Å². The summed E-state index contributed by atoms with van der Waals surface area (Å²) in [6, 6.07) is 1.88. The van der Waals surface area contributed by atoms with Crippen molar-refractivity contribution in [2.75, 3.05) is 44.5 Å². The molecule has 4 rings (SSSR count). The topological polar surface area (TPSA) is 151 Å². The van der Waals surface area contributed by atoms with E-state index in [0.717, 1.165) is 47.6 Å². The highest BCUT2D eigenvalue weighted by Crippen LogP contribution is 2.37. The number of rotatable bonds is 12. The highest BCUT2D eigenvalue weighted by molar-refractivity contribution is 5.86. The fourth-order valence-corrected chi connectivity index (χ4v) is 4.02. The quantitative estimate of drug-likeness (QED) is 0.249. The number of fused-ring (bicyclic) bond motifs is 1. The van der Waals surface area contributed by atoms with Gasteiger partial charge in [0.2, 0.25) is 17.7 Å². The molecule has 2 aromatic heterocycles. The Kier molecular flexibility index (Phi) is 10.7. The van der Waals surface area contributed by atoms with Crippen LogP contribution in [-0.4, -0.2) is 70.0 Å². The first-order valence-electron chi connectivity index (χ1n) is 13.4. The van der Waals surface area contributed by atoms with Crippen molar-refractivity contribution in [3.05, 3.63) is 28.5 Å². The molecule has 1 aliphatic heterocycles. The maximum Gasteiger partial charge on any atom is 0.224 e. The van der Waals surface area contributed by atoms with Gasteiger partial charge in [-0.05, 0) is 63.5 Å². The molecule has 1 atom stereocenters. The van der Waals surface area contributed by atoms with Crippen molar-refractivity contribution in [3.8, 4) is 11.8 Å². The van der Waals surface area contributed by atoms with Gasteiger partial charge < -0.3 is 40.2 Å². The van der Waals surface area contributed by atoms with Gasteiger partial charge in [0.1, 0.15) is 18.2 Å². The second-order valence-corrected chi connectivity index (χ2v) is 10.4. The maximum atomic E-state index is 9.56. The SMILES string of the molecule is CC(C)(O)O.CCC(CO)CCNc1nc(NCC2CC2)nc(C)c1C1=Cc2cc(OC)nc(OC)c2CO1. The average Bonchev–Trinajstić information content (AvgIpc) is 3.72. The molecule has 0 radical (unpaired) electrons. The number of aliphatic hydroxyl groups is 3. The maximum absolute atomic E-state index is 9.56. The molecule has 39 heavy (non-hydrogen) atoms. The predicted molar refractivity (Wildman–Crippen MR) is 150 cm³/mol. The molecule has 1 unspecified atom stereocenters. The van der Waals surface area contributed by atoms with E-state index in [1.54, 1.807) is 14.2 Å². The lowest BCUT2D eigenvalue weighted by molar-refractivity contribution is -0.127. The van der Waals surface area contributed by atoms with Gasteiger partial charge in [-0.1, -0.05) is 13.3 Å². The van der Waals surface area contributed by atoms with Crippen LogP contribution in [0, 0.1) is 18.8 Å². The van der Waals surface area contributed by atoms with Crippen LogP contribution in [0.4, 0.5) is 11.8 Å². The molecule has 2 aromatic rings. The van der Waals surface area contributed by atoms with Crippen LogP contribution in [0.3, 0.4) is 0 Å². The molecule has 5 N–H and O–H groups in total. The second-order valence-electron chi connectivity index (χ2n) is 10.4. The summed E-state index contributed by atoms with van der Waals surface area (Å²) >= 11 is 0. The molecule has 216 valence electrons. The smallest absolute Gasteiger partial charge is 0.224 e. The van der Waals surface area contributed by atoms with Crippen molar-refractivity contribution < 1.29 is 29.5 Å². The van der Waals surface area contributed by atoms with Gasteiger partial charge in [-0.2, -0.15) is 9.97 Å². The van der Waals surface area contributed by atoms with Crippen LogP contribution in [0.1, 0.15) is 68.8 Å². The van der Waals surface area contributed by atoms with E-state index in [0.29, 0.717) is 42.5 Å². The number of nitrogens with one attached hydrogen (secondary N) is 2. The summed E-state index contributed by atoms with van der Waals surface area (Å²) in [6.07, 6.45) is 6.27. The number of hydrogen-bond donors (Lipinski definition) is 5. The van der Waals surface area contributed by atoms with Crippen molar-refractivity contribution in [2.24, 2.45) is 11.8 Å². The Morgan fingerprint density at radius 1 is 1.13 bits per heavy atom. The van der Waals surface area contributed by atoms with E-state index in [2.05, 4.69) is 22.5 Å². The Labute approximate surface area is 230 Å². The minimum absolute atomic E-state index is 0.185. The first kappa shape index (κ1) is 30.4. The number of methoxy groups -OCH3 is 2. The number of aliphatic hydroxyl groups excluding tert-OH is 1. The molecular weight excluding hydrogens is 502 g/mol. The van der Waals surface area contributed by atoms with Crippen LogP contribution in [0.15, 0.2) is 6.07 Å². The molecule has 1 fully saturated rings. The molecular formula is C28H43N5O6. The average molecular weight is 546 g/mol. The Morgan fingerprint density at radius 2 is 1.85 bits per heavy atom. The third-order valence-electron chi connectivity index (χ3n) is 6.42. The molecule has 0 saturated heterocycles. The summed E-state index contributed by atoms with van der Waals surface area (Å²) in [5.74, 6) is 2.48. The first-order valence-corrected chi connectivity index (χ1v) is 13.4. The number of aromatic nitrogens is 3. The summed E-state index contributed by atoms with van der Waals surface area (Å²) in [7, 11) is 3.17. The van der Waals surface area contributed by atoms with E-state index in [-0.39, 0.29) is 12.5 Å². The van der Waals surface area contributed by atoms with Gasteiger partial charge >= 0.3 is 0 Å². The van der Waals surface area contributed by atoms with E-state index in [1.165, 1.54) is 26.7 Å². The molecule has 11 heteroatoms. The summed E-state index contributed by atoms with van der Waals surface area (Å²) < 4.78 is 17.0. The Hall–Kier alpha value is -3.15. The summed E-state index contributed by atoms with van der Waals surface area (Å²) in [4.78, 5) is 13.9. The Balaban J connectivity index is 0.000000771. The first-order chi connectivity index (χ1) is 18.6. The van der Waals surface area contributed by atoms with Crippen LogP contribution < -0.4 is 20.1 Å². The van der Waals surface area contributed by atoms with E-state index >= 15 is 0 Å². The lowest BCUT2D eigenvalue weighted by Gasteiger charge is -2.23. The normalized spacial score (nSPS) is 15.2. The van der Waals surface area contributed by atoms with Crippen molar-refractivity contribution in [3.63, 3.8) is 0 Å². The summed E-state index contributed by atoms with van der Waals surface area (Å²) in [5.41, 5.74) is 3.45. The van der Waals surface area contributed by atoms with Gasteiger partial charge in [-0.25, -0.2) is 4.98 Å². The monoisotopic (exact) mass is 545 g/mol. The van der Waals surface area contributed by atoms with Crippen LogP contribution >= 0.6 is 0 Å². The molecule has 11 nitrogen and oxygen atoms in total. The lowest BCUT2D eigenvalue weighted by Crippen LogP contribution is -2.17. The molecule has 2 aliphatic rings. The van der Waals surface area contributed by atoms with Gasteiger partial charge in [0, 0.05) is 25.8 Å². The zero-order valence-corrected chi connectivity index (χ0v) is 23.9. The molecule has 1 aliphatic carbocycles. The standard InChI is InChI=1S/C25H35N5O4.C3H8O2/c1-5-16(13-31)8-9-26-23-22(15(2)28-25(30-23)27-12-17-6-7-17)20-10-18-11-21(32-3)29-24(33-4)19(18)14-34-20;1-3(2,4)5/h10-11,16-17,31H,5-9,12-14H2,1-4H3,(H2,26,27,28,30);4-5H,1-2H3. The number of anilines is 2. The Bertz CT molecular complexity index is 1120. The highest BCUT2D eigenvalue weighted by atomic mass is 16.5. The van der Waals surface area contributed by atoms with Crippen LogP contribution in [0.5, 0.6) is 11.8 Å². The Morgan fingerprint density at radius 3 is 2.44 bits per heavy atom. The van der Waals surface area contributed by atoms with Crippen LogP contribution in [0.25, 0.3) is 11.8 Å².